The van der Waals surface area contributed by atoms with Crippen molar-refractivity contribution in [2.45, 2.75) is 25.4 Å². The predicted octanol–water partition coefficient (Wildman–Crippen LogP) is 2.08. The Morgan fingerprint density at radius 2 is 2.14 bits per heavy atom. The van der Waals surface area contributed by atoms with Crippen LogP contribution in [0.25, 0.3) is 0 Å². The number of aromatic nitrogens is 1. The SMILES string of the molecule is CCC(O)(c1ccc(F)cn1)C(F)F. The van der Waals surface area contributed by atoms with Crippen molar-refractivity contribution < 1.29 is 18.3 Å². The molecule has 0 radical (unpaired) electrons. The third-order valence-corrected chi connectivity index (χ3v) is 2.07. The number of rotatable bonds is 3. The summed E-state index contributed by atoms with van der Waals surface area (Å²) in [5, 5.41) is 9.52. The summed E-state index contributed by atoms with van der Waals surface area (Å²) < 4.78 is 37.4. The fourth-order valence-electron chi connectivity index (χ4n) is 1.08. The summed E-state index contributed by atoms with van der Waals surface area (Å²) in [7, 11) is 0. The van der Waals surface area contributed by atoms with Crippen LogP contribution >= 0.6 is 0 Å². The summed E-state index contributed by atoms with van der Waals surface area (Å²) in [6.45, 7) is 1.41. The Bertz CT molecular complexity index is 301. The van der Waals surface area contributed by atoms with E-state index in [2.05, 4.69) is 4.98 Å². The van der Waals surface area contributed by atoms with Gasteiger partial charge in [-0.25, -0.2) is 13.2 Å². The molecule has 0 saturated heterocycles. The third kappa shape index (κ3) is 1.87. The highest BCUT2D eigenvalue weighted by Gasteiger charge is 2.39. The fraction of sp³-hybridized carbons (Fsp3) is 0.444. The number of aliphatic hydroxyl groups is 1. The molecule has 1 rings (SSSR count). The van der Waals surface area contributed by atoms with Crippen molar-refractivity contribution in [2.75, 3.05) is 0 Å². The number of hydrogen-bond donors (Lipinski definition) is 1. The lowest BCUT2D eigenvalue weighted by atomic mass is 9.96. The van der Waals surface area contributed by atoms with Gasteiger partial charge in [-0.15, -0.1) is 0 Å². The van der Waals surface area contributed by atoms with Crippen molar-refractivity contribution in [1.29, 1.82) is 0 Å². The van der Waals surface area contributed by atoms with Crippen LogP contribution in [-0.2, 0) is 5.60 Å². The van der Waals surface area contributed by atoms with Gasteiger partial charge in [0.25, 0.3) is 6.43 Å². The molecule has 1 heterocycles. The van der Waals surface area contributed by atoms with Gasteiger partial charge in [0, 0.05) is 0 Å². The highest BCUT2D eigenvalue weighted by Crippen LogP contribution is 2.29. The zero-order valence-corrected chi connectivity index (χ0v) is 7.54. The van der Waals surface area contributed by atoms with Crippen LogP contribution in [0, 0.1) is 5.82 Å². The zero-order valence-electron chi connectivity index (χ0n) is 7.54. The normalized spacial score (nSPS) is 15.6. The molecule has 0 aliphatic heterocycles. The van der Waals surface area contributed by atoms with Crippen molar-refractivity contribution >= 4 is 0 Å². The largest absolute Gasteiger partial charge is 0.378 e. The minimum absolute atomic E-state index is 0.177. The standard InChI is InChI=1S/C9H10F3NO/c1-2-9(14,8(11)12)7-4-3-6(10)5-13-7/h3-5,8,14H,2H2,1H3. The molecule has 5 heteroatoms. The molecule has 1 N–H and O–H groups in total. The van der Waals surface area contributed by atoms with E-state index in [1.807, 2.05) is 0 Å². The van der Waals surface area contributed by atoms with E-state index in [0.717, 1.165) is 18.3 Å². The van der Waals surface area contributed by atoms with Gasteiger partial charge in [0.15, 0.2) is 5.60 Å². The van der Waals surface area contributed by atoms with Crippen LogP contribution in [0.1, 0.15) is 19.0 Å². The van der Waals surface area contributed by atoms with Crippen molar-refractivity contribution in [3.63, 3.8) is 0 Å². The van der Waals surface area contributed by atoms with E-state index in [9.17, 15) is 18.3 Å². The third-order valence-electron chi connectivity index (χ3n) is 2.07. The monoisotopic (exact) mass is 205 g/mol. The quantitative estimate of drug-likeness (QED) is 0.819. The lowest BCUT2D eigenvalue weighted by molar-refractivity contribution is -0.107. The van der Waals surface area contributed by atoms with Crippen LogP contribution in [-0.4, -0.2) is 16.5 Å². The second-order valence-electron chi connectivity index (χ2n) is 2.94. The van der Waals surface area contributed by atoms with Gasteiger partial charge in [-0.05, 0) is 18.6 Å². The maximum atomic E-state index is 12.5. The number of alkyl halides is 2. The fourth-order valence-corrected chi connectivity index (χ4v) is 1.08. The van der Waals surface area contributed by atoms with Gasteiger partial charge in [-0.3, -0.25) is 4.98 Å². The van der Waals surface area contributed by atoms with Crippen LogP contribution in [0.4, 0.5) is 13.2 Å². The van der Waals surface area contributed by atoms with Gasteiger partial charge in [-0.2, -0.15) is 0 Å². The van der Waals surface area contributed by atoms with Gasteiger partial charge in [0.05, 0.1) is 11.9 Å². The van der Waals surface area contributed by atoms with E-state index in [4.69, 9.17) is 0 Å². The molecule has 1 aromatic rings. The molecular formula is C9H10F3NO. The summed E-state index contributed by atoms with van der Waals surface area (Å²) >= 11 is 0. The number of halogens is 3. The van der Waals surface area contributed by atoms with Crippen LogP contribution < -0.4 is 0 Å². The van der Waals surface area contributed by atoms with Crippen molar-refractivity contribution in [2.24, 2.45) is 0 Å². The molecule has 0 saturated carbocycles. The molecule has 0 aromatic carbocycles. The van der Waals surface area contributed by atoms with Gasteiger partial charge >= 0.3 is 0 Å². The van der Waals surface area contributed by atoms with E-state index < -0.39 is 17.8 Å². The number of pyridine rings is 1. The summed E-state index contributed by atoms with van der Waals surface area (Å²) in [5.74, 6) is -0.624. The van der Waals surface area contributed by atoms with E-state index >= 15 is 0 Å². The second-order valence-corrected chi connectivity index (χ2v) is 2.94. The molecule has 0 spiro atoms. The zero-order chi connectivity index (χ0) is 10.8. The Balaban J connectivity index is 3.06. The maximum Gasteiger partial charge on any atom is 0.272 e. The lowest BCUT2D eigenvalue weighted by Gasteiger charge is -2.24. The molecular weight excluding hydrogens is 195 g/mol. The molecule has 0 amide bonds. The van der Waals surface area contributed by atoms with E-state index in [1.165, 1.54) is 6.92 Å². The van der Waals surface area contributed by atoms with Crippen LogP contribution in [0.15, 0.2) is 18.3 Å². The van der Waals surface area contributed by atoms with Crippen LogP contribution in [0.3, 0.4) is 0 Å². The van der Waals surface area contributed by atoms with E-state index in [0.29, 0.717) is 0 Å². The van der Waals surface area contributed by atoms with Crippen molar-refractivity contribution in [1.82, 2.24) is 4.98 Å². The molecule has 78 valence electrons. The number of hydrogen-bond acceptors (Lipinski definition) is 2. The maximum absolute atomic E-state index is 12.5. The number of nitrogens with zero attached hydrogens (tertiary/aromatic N) is 1. The molecule has 14 heavy (non-hydrogen) atoms. The lowest BCUT2D eigenvalue weighted by Crippen LogP contribution is -2.34. The predicted molar refractivity (Wildman–Crippen MR) is 44.4 cm³/mol. The molecule has 0 aliphatic rings. The summed E-state index contributed by atoms with van der Waals surface area (Å²) in [6.07, 6.45) is -2.31. The van der Waals surface area contributed by atoms with Gasteiger partial charge in [-0.1, -0.05) is 6.92 Å². The Morgan fingerprint density at radius 3 is 2.50 bits per heavy atom. The summed E-state index contributed by atoms with van der Waals surface area (Å²) in [4.78, 5) is 3.44. The highest BCUT2D eigenvalue weighted by atomic mass is 19.3. The summed E-state index contributed by atoms with van der Waals surface area (Å²) in [5.41, 5.74) is -2.50. The second kappa shape index (κ2) is 3.96. The molecule has 1 aromatic heterocycles. The molecule has 2 nitrogen and oxygen atoms in total. The van der Waals surface area contributed by atoms with Crippen molar-refractivity contribution in [3.05, 3.63) is 29.8 Å². The first-order valence-electron chi connectivity index (χ1n) is 4.13. The van der Waals surface area contributed by atoms with Crippen molar-refractivity contribution in [3.8, 4) is 0 Å². The van der Waals surface area contributed by atoms with Gasteiger partial charge < -0.3 is 5.11 Å². The molecule has 0 bridgehead atoms. The molecule has 0 aliphatic carbocycles. The van der Waals surface area contributed by atoms with Gasteiger partial charge in [0.2, 0.25) is 0 Å². The first kappa shape index (κ1) is 11.0. The Hall–Kier alpha value is -1.10. The average molecular weight is 205 g/mol. The van der Waals surface area contributed by atoms with E-state index in [1.54, 1.807) is 0 Å². The molecule has 1 unspecified atom stereocenters. The van der Waals surface area contributed by atoms with E-state index in [-0.39, 0.29) is 12.1 Å². The summed E-state index contributed by atoms with van der Waals surface area (Å²) in [6, 6.07) is 2.05. The first-order chi connectivity index (χ1) is 6.50. The highest BCUT2D eigenvalue weighted by molar-refractivity contribution is 5.14. The molecule has 0 fully saturated rings. The average Bonchev–Trinajstić information content (AvgIpc) is 2.17. The first-order valence-corrected chi connectivity index (χ1v) is 4.13. The van der Waals surface area contributed by atoms with Crippen LogP contribution in [0.5, 0.6) is 0 Å². The van der Waals surface area contributed by atoms with Crippen LogP contribution in [0.2, 0.25) is 0 Å². The minimum Gasteiger partial charge on any atom is -0.378 e. The smallest absolute Gasteiger partial charge is 0.272 e. The Morgan fingerprint density at radius 1 is 1.50 bits per heavy atom. The molecule has 1 atom stereocenters. The topological polar surface area (TPSA) is 33.1 Å². The Kier molecular flexibility index (Phi) is 3.10. The van der Waals surface area contributed by atoms with Gasteiger partial charge in [0.1, 0.15) is 5.82 Å². The Labute approximate surface area is 79.4 Å². The minimum atomic E-state index is -2.94.